The highest BCUT2D eigenvalue weighted by Gasteiger charge is 2.14. The molecule has 0 spiro atoms. The zero-order chi connectivity index (χ0) is 14.3. The van der Waals surface area contributed by atoms with E-state index in [-0.39, 0.29) is 23.7 Å². The summed E-state index contributed by atoms with van der Waals surface area (Å²) >= 11 is 0. The Bertz CT molecular complexity index is 491. The SMILES string of the molecule is COCO[C@H](C=CS(=O)(=O)c1ccccc1)C(C)C. The van der Waals surface area contributed by atoms with E-state index in [1.807, 2.05) is 13.8 Å². The van der Waals surface area contributed by atoms with Crippen LogP contribution in [0.1, 0.15) is 13.8 Å². The normalized spacial score (nSPS) is 14.1. The summed E-state index contributed by atoms with van der Waals surface area (Å²) in [7, 11) is -1.89. The molecule has 1 aromatic rings. The van der Waals surface area contributed by atoms with Crippen molar-refractivity contribution >= 4 is 9.84 Å². The number of hydrogen-bond acceptors (Lipinski definition) is 4. The van der Waals surface area contributed by atoms with Crippen molar-refractivity contribution in [2.24, 2.45) is 5.92 Å². The third kappa shape index (κ3) is 5.14. The van der Waals surface area contributed by atoms with Crippen molar-refractivity contribution in [1.29, 1.82) is 0 Å². The second-order valence-corrected chi connectivity index (χ2v) is 6.30. The van der Waals surface area contributed by atoms with Gasteiger partial charge in [-0.3, -0.25) is 0 Å². The van der Waals surface area contributed by atoms with Gasteiger partial charge in [-0.05, 0) is 24.1 Å². The maximum atomic E-state index is 12.1. The van der Waals surface area contributed by atoms with Gasteiger partial charge in [-0.15, -0.1) is 0 Å². The van der Waals surface area contributed by atoms with Crippen LogP contribution < -0.4 is 0 Å². The predicted molar refractivity (Wildman–Crippen MR) is 74.4 cm³/mol. The van der Waals surface area contributed by atoms with Gasteiger partial charge in [-0.2, -0.15) is 0 Å². The first-order valence-electron chi connectivity index (χ1n) is 6.06. The number of sulfone groups is 1. The van der Waals surface area contributed by atoms with Crippen molar-refractivity contribution in [1.82, 2.24) is 0 Å². The molecule has 106 valence electrons. The quantitative estimate of drug-likeness (QED) is 0.722. The molecule has 4 nitrogen and oxygen atoms in total. The lowest BCUT2D eigenvalue weighted by Crippen LogP contribution is -2.18. The average Bonchev–Trinajstić information content (AvgIpc) is 2.39. The average molecular weight is 284 g/mol. The Morgan fingerprint density at radius 2 is 1.84 bits per heavy atom. The molecule has 0 N–H and O–H groups in total. The fourth-order valence-electron chi connectivity index (χ4n) is 1.49. The summed E-state index contributed by atoms with van der Waals surface area (Å²) in [5.74, 6) is 0.164. The van der Waals surface area contributed by atoms with E-state index in [0.29, 0.717) is 0 Å². The Labute approximate surface area is 115 Å². The second-order valence-electron chi connectivity index (χ2n) is 4.47. The van der Waals surface area contributed by atoms with Crippen LogP contribution in [0.15, 0.2) is 46.7 Å². The smallest absolute Gasteiger partial charge is 0.199 e. The molecule has 0 saturated carbocycles. The minimum absolute atomic E-state index is 0.137. The molecular formula is C14H20O4S. The van der Waals surface area contributed by atoms with Gasteiger partial charge in [-0.1, -0.05) is 32.0 Å². The first-order valence-corrected chi connectivity index (χ1v) is 7.61. The van der Waals surface area contributed by atoms with Crippen LogP contribution in [-0.2, 0) is 19.3 Å². The Morgan fingerprint density at radius 1 is 1.21 bits per heavy atom. The van der Waals surface area contributed by atoms with Crippen molar-refractivity contribution in [2.75, 3.05) is 13.9 Å². The molecule has 0 aliphatic heterocycles. The van der Waals surface area contributed by atoms with Crippen LogP contribution in [0.5, 0.6) is 0 Å². The van der Waals surface area contributed by atoms with E-state index in [1.54, 1.807) is 36.4 Å². The molecule has 5 heteroatoms. The van der Waals surface area contributed by atoms with Crippen molar-refractivity contribution in [3.8, 4) is 0 Å². The Morgan fingerprint density at radius 3 is 2.37 bits per heavy atom. The molecule has 0 radical (unpaired) electrons. The van der Waals surface area contributed by atoms with E-state index >= 15 is 0 Å². The van der Waals surface area contributed by atoms with Crippen LogP contribution in [0.25, 0.3) is 0 Å². The molecule has 1 aromatic carbocycles. The van der Waals surface area contributed by atoms with E-state index in [4.69, 9.17) is 9.47 Å². The fourth-order valence-corrected chi connectivity index (χ4v) is 2.54. The van der Waals surface area contributed by atoms with Crippen LogP contribution in [0.3, 0.4) is 0 Å². The van der Waals surface area contributed by atoms with Crippen molar-refractivity contribution in [3.05, 3.63) is 41.8 Å². The number of benzene rings is 1. The fraction of sp³-hybridized carbons (Fsp3) is 0.429. The van der Waals surface area contributed by atoms with Gasteiger partial charge in [-0.25, -0.2) is 8.42 Å². The van der Waals surface area contributed by atoms with Crippen LogP contribution in [0.4, 0.5) is 0 Å². The third-order valence-corrected chi connectivity index (χ3v) is 4.00. The minimum atomic E-state index is -3.42. The van der Waals surface area contributed by atoms with Gasteiger partial charge in [0.1, 0.15) is 6.79 Å². The van der Waals surface area contributed by atoms with Crippen LogP contribution in [-0.4, -0.2) is 28.4 Å². The van der Waals surface area contributed by atoms with E-state index < -0.39 is 9.84 Å². The zero-order valence-corrected chi connectivity index (χ0v) is 12.3. The Hall–Kier alpha value is -1.17. The van der Waals surface area contributed by atoms with Gasteiger partial charge in [0.05, 0.1) is 11.0 Å². The van der Waals surface area contributed by atoms with Crippen LogP contribution in [0, 0.1) is 5.92 Å². The van der Waals surface area contributed by atoms with Gasteiger partial charge in [0.25, 0.3) is 0 Å². The number of rotatable bonds is 7. The largest absolute Gasteiger partial charge is 0.359 e. The number of hydrogen-bond donors (Lipinski definition) is 0. The first kappa shape index (κ1) is 15.9. The molecule has 19 heavy (non-hydrogen) atoms. The van der Waals surface area contributed by atoms with E-state index in [2.05, 4.69) is 0 Å². The standard InChI is InChI=1S/C14H20O4S/c1-12(2)14(18-11-17-3)9-10-19(15,16)13-7-5-4-6-8-13/h4-10,12,14H,11H2,1-3H3/t14-/m1/s1. The molecule has 0 aromatic heterocycles. The van der Waals surface area contributed by atoms with E-state index in [1.165, 1.54) is 12.5 Å². The molecule has 0 saturated heterocycles. The highest BCUT2D eigenvalue weighted by Crippen LogP contribution is 2.14. The molecule has 0 unspecified atom stereocenters. The summed E-state index contributed by atoms with van der Waals surface area (Å²) in [5, 5.41) is 1.20. The van der Waals surface area contributed by atoms with Gasteiger partial charge in [0.2, 0.25) is 0 Å². The molecular weight excluding hydrogens is 264 g/mol. The molecule has 1 rings (SSSR count). The number of ether oxygens (including phenoxy) is 2. The lowest BCUT2D eigenvalue weighted by Gasteiger charge is -2.17. The maximum absolute atomic E-state index is 12.1. The zero-order valence-electron chi connectivity index (χ0n) is 11.4. The monoisotopic (exact) mass is 284 g/mol. The maximum Gasteiger partial charge on any atom is 0.199 e. The summed E-state index contributed by atoms with van der Waals surface area (Å²) in [4.78, 5) is 0.278. The summed E-state index contributed by atoms with van der Waals surface area (Å²) in [6.45, 7) is 4.05. The van der Waals surface area contributed by atoms with Gasteiger partial charge in [0.15, 0.2) is 9.84 Å². The lowest BCUT2D eigenvalue weighted by atomic mass is 10.1. The molecule has 0 heterocycles. The molecule has 0 aliphatic carbocycles. The highest BCUT2D eigenvalue weighted by atomic mass is 32.2. The molecule has 1 atom stereocenters. The van der Waals surface area contributed by atoms with E-state index in [9.17, 15) is 8.42 Å². The highest BCUT2D eigenvalue weighted by molar-refractivity contribution is 7.94. The number of methoxy groups -OCH3 is 1. The second kappa shape index (κ2) is 7.43. The third-order valence-electron chi connectivity index (χ3n) is 2.55. The molecule has 0 aliphatic rings. The van der Waals surface area contributed by atoms with Crippen LogP contribution >= 0.6 is 0 Å². The summed E-state index contributed by atoms with van der Waals surface area (Å²) in [6.07, 6.45) is 1.27. The summed E-state index contributed by atoms with van der Waals surface area (Å²) in [5.41, 5.74) is 0. The van der Waals surface area contributed by atoms with Crippen molar-refractivity contribution in [2.45, 2.75) is 24.8 Å². The predicted octanol–water partition coefficient (Wildman–Crippen LogP) is 2.62. The minimum Gasteiger partial charge on any atom is -0.359 e. The topological polar surface area (TPSA) is 52.6 Å². The van der Waals surface area contributed by atoms with Crippen molar-refractivity contribution < 1.29 is 17.9 Å². The summed E-state index contributed by atoms with van der Waals surface area (Å²) in [6, 6.07) is 8.31. The van der Waals surface area contributed by atoms with Crippen molar-refractivity contribution in [3.63, 3.8) is 0 Å². The Kier molecular flexibility index (Phi) is 6.21. The summed E-state index contributed by atoms with van der Waals surface area (Å²) < 4.78 is 34.4. The van der Waals surface area contributed by atoms with Gasteiger partial charge < -0.3 is 9.47 Å². The lowest BCUT2D eigenvalue weighted by molar-refractivity contribution is -0.0685. The molecule has 0 amide bonds. The Balaban J connectivity index is 2.83. The molecule has 0 bridgehead atoms. The van der Waals surface area contributed by atoms with Crippen LogP contribution in [0.2, 0.25) is 0 Å². The van der Waals surface area contributed by atoms with E-state index in [0.717, 1.165) is 0 Å². The first-order chi connectivity index (χ1) is 8.97. The van der Waals surface area contributed by atoms with Gasteiger partial charge in [0, 0.05) is 12.5 Å². The van der Waals surface area contributed by atoms with Gasteiger partial charge >= 0.3 is 0 Å². The molecule has 0 fully saturated rings.